The molecule has 2 heterocycles. The number of aryl methyl sites for hydroxylation is 1. The summed E-state index contributed by atoms with van der Waals surface area (Å²) in [4.78, 5) is 11.2. The van der Waals surface area contributed by atoms with Crippen LogP contribution in [0.25, 0.3) is 16.7 Å². The molecule has 0 radical (unpaired) electrons. The Morgan fingerprint density at radius 2 is 2.14 bits per heavy atom. The maximum atomic E-state index is 9.46. The third-order valence-electron chi connectivity index (χ3n) is 4.61. The summed E-state index contributed by atoms with van der Waals surface area (Å²) >= 11 is 0. The molecule has 0 bridgehead atoms. The Hall–Kier alpha value is -3.00. The number of para-hydroxylation sites is 1. The van der Waals surface area contributed by atoms with E-state index in [4.69, 9.17) is 4.74 Å². The van der Waals surface area contributed by atoms with Crippen molar-refractivity contribution in [2.24, 2.45) is 4.99 Å². The van der Waals surface area contributed by atoms with Gasteiger partial charge in [-0.05, 0) is 51.8 Å². The highest BCUT2D eigenvalue weighted by Crippen LogP contribution is 2.30. The van der Waals surface area contributed by atoms with Crippen LogP contribution in [0.1, 0.15) is 32.4 Å². The van der Waals surface area contributed by atoms with Crippen LogP contribution in [0.15, 0.2) is 35.3 Å². The fourth-order valence-corrected chi connectivity index (χ4v) is 2.79. The van der Waals surface area contributed by atoms with E-state index in [0.29, 0.717) is 24.6 Å². The maximum Gasteiger partial charge on any atom is 0.240 e. The van der Waals surface area contributed by atoms with Crippen LogP contribution in [0.5, 0.6) is 5.88 Å². The molecule has 8 nitrogen and oxygen atoms in total. The summed E-state index contributed by atoms with van der Waals surface area (Å²) in [5.41, 5.74) is 3.87. The van der Waals surface area contributed by atoms with Crippen molar-refractivity contribution in [2.75, 3.05) is 20.2 Å². The van der Waals surface area contributed by atoms with Crippen LogP contribution in [0.3, 0.4) is 0 Å². The van der Waals surface area contributed by atoms with E-state index < -0.39 is 0 Å². The molecule has 0 amide bonds. The average molecular weight is 396 g/mol. The molecule has 0 aliphatic heterocycles. The quantitative estimate of drug-likeness (QED) is 0.339. The molecule has 0 spiro atoms. The lowest BCUT2D eigenvalue weighted by atomic mass is 10.2. The van der Waals surface area contributed by atoms with Crippen LogP contribution in [0, 0.1) is 6.92 Å². The standard InChI is InChI=1S/C21H28N6O2/c1-5-26(4)14-22-18-13-20(27-19-11-7-6-10-17(19)24-25-27)21(23-16(18)3)29-12-8-9-15(2)28/h6-7,10-11,13-15,28H,5,8-9,12H2,1-4H3. The SMILES string of the molecule is CCN(C)C=Nc1cc(-n2nnc3ccccc32)c(OCCCC(C)O)nc1C. The molecule has 1 unspecified atom stereocenters. The van der Waals surface area contributed by atoms with Crippen LogP contribution in [0.4, 0.5) is 5.69 Å². The minimum Gasteiger partial charge on any atom is -0.476 e. The normalized spacial score (nSPS) is 12.6. The van der Waals surface area contributed by atoms with Crippen molar-refractivity contribution in [2.45, 2.75) is 39.7 Å². The van der Waals surface area contributed by atoms with Gasteiger partial charge in [0.1, 0.15) is 11.2 Å². The minimum absolute atomic E-state index is 0.348. The minimum atomic E-state index is -0.348. The van der Waals surface area contributed by atoms with Gasteiger partial charge < -0.3 is 14.7 Å². The van der Waals surface area contributed by atoms with Gasteiger partial charge in [0.05, 0.1) is 35.9 Å². The number of aliphatic hydroxyl groups excluding tert-OH is 1. The molecule has 0 aliphatic carbocycles. The maximum absolute atomic E-state index is 9.46. The summed E-state index contributed by atoms with van der Waals surface area (Å²) in [7, 11) is 1.97. The second-order valence-corrected chi connectivity index (χ2v) is 7.06. The Balaban J connectivity index is 2.00. The van der Waals surface area contributed by atoms with Crippen molar-refractivity contribution in [1.29, 1.82) is 0 Å². The molecule has 1 atom stereocenters. The van der Waals surface area contributed by atoms with Gasteiger partial charge in [-0.2, -0.15) is 0 Å². The van der Waals surface area contributed by atoms with Crippen molar-refractivity contribution >= 4 is 23.1 Å². The van der Waals surface area contributed by atoms with Crippen LogP contribution in [-0.2, 0) is 0 Å². The van der Waals surface area contributed by atoms with Crippen molar-refractivity contribution < 1.29 is 9.84 Å². The van der Waals surface area contributed by atoms with E-state index >= 15 is 0 Å². The third-order valence-corrected chi connectivity index (χ3v) is 4.61. The lowest BCUT2D eigenvalue weighted by Crippen LogP contribution is -2.14. The molecule has 154 valence electrons. The number of hydrogen-bond acceptors (Lipinski definition) is 6. The molecular formula is C21H28N6O2. The van der Waals surface area contributed by atoms with Crippen molar-refractivity contribution in [3.8, 4) is 11.6 Å². The number of aromatic nitrogens is 4. The summed E-state index contributed by atoms with van der Waals surface area (Å²) in [6.07, 6.45) is 2.85. The highest BCUT2D eigenvalue weighted by Gasteiger charge is 2.16. The summed E-state index contributed by atoms with van der Waals surface area (Å²) in [5, 5.41) is 18.0. The van der Waals surface area contributed by atoms with Crippen molar-refractivity contribution in [3.05, 3.63) is 36.0 Å². The number of aliphatic hydroxyl groups is 1. The first-order chi connectivity index (χ1) is 14.0. The van der Waals surface area contributed by atoms with Gasteiger partial charge in [0.25, 0.3) is 0 Å². The number of fused-ring (bicyclic) bond motifs is 1. The van der Waals surface area contributed by atoms with E-state index in [9.17, 15) is 5.11 Å². The molecular weight excluding hydrogens is 368 g/mol. The van der Waals surface area contributed by atoms with Crippen LogP contribution in [0.2, 0.25) is 0 Å². The van der Waals surface area contributed by atoms with Gasteiger partial charge in [0, 0.05) is 13.6 Å². The zero-order valence-corrected chi connectivity index (χ0v) is 17.4. The van der Waals surface area contributed by atoms with Gasteiger partial charge in [-0.25, -0.2) is 14.7 Å². The molecule has 3 rings (SSSR count). The summed E-state index contributed by atoms with van der Waals surface area (Å²) in [6, 6.07) is 9.67. The number of rotatable bonds is 9. The molecule has 3 aromatic rings. The van der Waals surface area contributed by atoms with Gasteiger partial charge in [-0.1, -0.05) is 17.3 Å². The molecule has 0 fully saturated rings. The van der Waals surface area contributed by atoms with E-state index in [2.05, 4.69) is 27.2 Å². The molecule has 29 heavy (non-hydrogen) atoms. The van der Waals surface area contributed by atoms with Gasteiger partial charge in [0.2, 0.25) is 5.88 Å². The van der Waals surface area contributed by atoms with Crippen LogP contribution < -0.4 is 4.74 Å². The molecule has 1 N–H and O–H groups in total. The highest BCUT2D eigenvalue weighted by molar-refractivity contribution is 5.77. The summed E-state index contributed by atoms with van der Waals surface area (Å²) in [6.45, 7) is 7.06. The topological polar surface area (TPSA) is 88.7 Å². The first-order valence-electron chi connectivity index (χ1n) is 9.87. The Kier molecular flexibility index (Phi) is 6.77. The van der Waals surface area contributed by atoms with Crippen molar-refractivity contribution in [3.63, 3.8) is 0 Å². The molecule has 8 heteroatoms. The van der Waals surface area contributed by atoms with Gasteiger partial charge in [0.15, 0.2) is 0 Å². The van der Waals surface area contributed by atoms with Crippen molar-refractivity contribution in [1.82, 2.24) is 24.9 Å². The number of ether oxygens (including phenoxy) is 1. The van der Waals surface area contributed by atoms with E-state index in [0.717, 1.165) is 35.4 Å². The van der Waals surface area contributed by atoms with Gasteiger partial charge in [-0.15, -0.1) is 5.10 Å². The summed E-state index contributed by atoms with van der Waals surface area (Å²) < 4.78 is 7.70. The van der Waals surface area contributed by atoms with E-state index in [1.807, 2.05) is 49.2 Å². The first kappa shape index (κ1) is 20.7. The Bertz CT molecular complexity index is 982. The smallest absolute Gasteiger partial charge is 0.240 e. The fourth-order valence-electron chi connectivity index (χ4n) is 2.79. The monoisotopic (exact) mass is 396 g/mol. The second-order valence-electron chi connectivity index (χ2n) is 7.06. The predicted octanol–water partition coefficient (Wildman–Crippen LogP) is 3.28. The van der Waals surface area contributed by atoms with E-state index in [-0.39, 0.29) is 6.10 Å². The number of nitrogens with zero attached hydrogens (tertiary/aromatic N) is 6. The van der Waals surface area contributed by atoms with E-state index in [1.165, 1.54) is 0 Å². The second kappa shape index (κ2) is 9.47. The zero-order valence-electron chi connectivity index (χ0n) is 17.4. The first-order valence-corrected chi connectivity index (χ1v) is 9.87. The van der Waals surface area contributed by atoms with Crippen LogP contribution in [-0.4, -0.2) is 62.6 Å². The number of pyridine rings is 1. The Labute approximate surface area is 170 Å². The Morgan fingerprint density at radius 1 is 1.34 bits per heavy atom. The fraction of sp³-hybridized carbons (Fsp3) is 0.429. The molecule has 2 aromatic heterocycles. The molecule has 0 saturated heterocycles. The van der Waals surface area contributed by atoms with Gasteiger partial charge in [-0.3, -0.25) is 0 Å². The van der Waals surface area contributed by atoms with E-state index in [1.54, 1.807) is 17.9 Å². The van der Waals surface area contributed by atoms with Crippen LogP contribution >= 0.6 is 0 Å². The summed E-state index contributed by atoms with van der Waals surface area (Å²) in [5.74, 6) is 0.478. The number of benzene rings is 1. The number of hydrogen-bond donors (Lipinski definition) is 1. The number of aliphatic imine (C=N–C) groups is 1. The van der Waals surface area contributed by atoms with Gasteiger partial charge >= 0.3 is 0 Å². The molecule has 0 aliphatic rings. The third kappa shape index (κ3) is 5.08. The average Bonchev–Trinajstić information content (AvgIpc) is 3.14. The Morgan fingerprint density at radius 3 is 2.90 bits per heavy atom. The lowest BCUT2D eigenvalue weighted by Gasteiger charge is -2.14. The zero-order chi connectivity index (χ0) is 20.8. The highest BCUT2D eigenvalue weighted by atomic mass is 16.5. The molecule has 0 saturated carbocycles. The largest absolute Gasteiger partial charge is 0.476 e. The predicted molar refractivity (Wildman–Crippen MR) is 114 cm³/mol. The lowest BCUT2D eigenvalue weighted by molar-refractivity contribution is 0.169. The molecule has 1 aromatic carbocycles.